The second-order valence-electron chi connectivity index (χ2n) is 7.73. The normalized spacial score (nSPS) is 17.4. The Morgan fingerprint density at radius 2 is 2.03 bits per heavy atom. The van der Waals surface area contributed by atoms with Crippen LogP contribution in [-0.2, 0) is 16.6 Å². The number of nitro groups is 1. The number of anilines is 2. The molecule has 35 heavy (non-hydrogen) atoms. The standard InChI is InChI=1S/C20H18F2N8O5/c1-9(12-5-10(21)7-24-17(12)22)35-20(32)26-18-16(27-28-29(18)2)14-4-3-11(8-23-14)25-19(31)13-6-15(13)30(33)34/h3-5,7-9,13,15H,6H2,1-2H3,(H,25,31)(H,26,32)/t9-,13?,15?/m1/s1. The van der Waals surface area contributed by atoms with Gasteiger partial charge in [0.25, 0.3) is 0 Å². The van der Waals surface area contributed by atoms with E-state index in [1.807, 2.05) is 0 Å². The van der Waals surface area contributed by atoms with Crippen molar-refractivity contribution in [2.75, 3.05) is 10.6 Å². The summed E-state index contributed by atoms with van der Waals surface area (Å²) in [7, 11) is 1.50. The van der Waals surface area contributed by atoms with Crippen molar-refractivity contribution in [2.24, 2.45) is 13.0 Å². The molecule has 1 saturated carbocycles. The van der Waals surface area contributed by atoms with E-state index < -0.39 is 46.8 Å². The Morgan fingerprint density at radius 1 is 1.26 bits per heavy atom. The summed E-state index contributed by atoms with van der Waals surface area (Å²) < 4.78 is 33.6. The van der Waals surface area contributed by atoms with Crippen molar-refractivity contribution in [3.63, 3.8) is 0 Å². The summed E-state index contributed by atoms with van der Waals surface area (Å²) in [4.78, 5) is 42.2. The van der Waals surface area contributed by atoms with Crippen molar-refractivity contribution < 1.29 is 28.0 Å². The monoisotopic (exact) mass is 488 g/mol. The van der Waals surface area contributed by atoms with Gasteiger partial charge in [-0.05, 0) is 25.1 Å². The van der Waals surface area contributed by atoms with Crippen LogP contribution in [0.5, 0.6) is 0 Å². The number of pyridine rings is 2. The first-order chi connectivity index (χ1) is 16.6. The maximum absolute atomic E-state index is 13.8. The number of hydrogen-bond donors (Lipinski definition) is 2. The molecular formula is C20H18F2N8O5. The molecule has 0 bridgehead atoms. The second-order valence-corrected chi connectivity index (χ2v) is 7.73. The molecule has 13 nitrogen and oxygen atoms in total. The maximum Gasteiger partial charge on any atom is 0.413 e. The molecule has 3 aromatic heterocycles. The molecule has 0 aromatic carbocycles. The zero-order valence-electron chi connectivity index (χ0n) is 18.3. The summed E-state index contributed by atoms with van der Waals surface area (Å²) in [6, 6.07) is 3.03. The van der Waals surface area contributed by atoms with Crippen molar-refractivity contribution in [3.05, 3.63) is 58.0 Å². The van der Waals surface area contributed by atoms with Gasteiger partial charge in [0.1, 0.15) is 17.8 Å². The number of nitrogens with one attached hydrogen (secondary N) is 2. The van der Waals surface area contributed by atoms with Gasteiger partial charge in [-0.25, -0.2) is 18.9 Å². The van der Waals surface area contributed by atoms with E-state index in [1.54, 1.807) is 0 Å². The Morgan fingerprint density at radius 3 is 2.69 bits per heavy atom. The fraction of sp³-hybridized carbons (Fsp3) is 0.300. The maximum atomic E-state index is 13.8. The lowest BCUT2D eigenvalue weighted by molar-refractivity contribution is -0.497. The quantitative estimate of drug-likeness (QED) is 0.288. The summed E-state index contributed by atoms with van der Waals surface area (Å²) in [6.45, 7) is 1.35. The van der Waals surface area contributed by atoms with Crippen LogP contribution in [0.15, 0.2) is 30.6 Å². The Kier molecular flexibility index (Phi) is 6.31. The van der Waals surface area contributed by atoms with Gasteiger partial charge in [0.2, 0.25) is 17.9 Å². The first kappa shape index (κ1) is 23.6. The van der Waals surface area contributed by atoms with Crippen LogP contribution in [-0.4, -0.2) is 47.9 Å². The van der Waals surface area contributed by atoms with E-state index in [-0.39, 0.29) is 29.2 Å². The Bertz CT molecular complexity index is 1300. The minimum absolute atomic E-state index is 0.108. The van der Waals surface area contributed by atoms with Crippen molar-refractivity contribution in [1.29, 1.82) is 0 Å². The molecule has 0 saturated heterocycles. The number of aryl methyl sites for hydroxylation is 1. The lowest BCUT2D eigenvalue weighted by Gasteiger charge is -2.15. The fourth-order valence-corrected chi connectivity index (χ4v) is 3.28. The van der Waals surface area contributed by atoms with Crippen molar-refractivity contribution in [3.8, 4) is 11.4 Å². The summed E-state index contributed by atoms with van der Waals surface area (Å²) >= 11 is 0. The van der Waals surface area contributed by atoms with E-state index in [9.17, 15) is 28.5 Å². The molecule has 2 amide bonds. The number of rotatable bonds is 7. The number of nitrogens with zero attached hydrogens (tertiary/aromatic N) is 6. The summed E-state index contributed by atoms with van der Waals surface area (Å²) in [5, 5.41) is 23.5. The van der Waals surface area contributed by atoms with Gasteiger partial charge in [-0.2, -0.15) is 4.39 Å². The highest BCUT2D eigenvalue weighted by Gasteiger charge is 2.53. The highest BCUT2D eigenvalue weighted by molar-refractivity contribution is 5.95. The molecule has 4 rings (SSSR count). The van der Waals surface area contributed by atoms with Gasteiger partial charge in [-0.3, -0.25) is 25.2 Å². The first-order valence-electron chi connectivity index (χ1n) is 10.2. The van der Waals surface area contributed by atoms with E-state index in [0.29, 0.717) is 11.9 Å². The molecule has 3 aromatic rings. The van der Waals surface area contributed by atoms with Crippen molar-refractivity contribution >= 4 is 23.5 Å². The van der Waals surface area contributed by atoms with Gasteiger partial charge in [-0.15, -0.1) is 5.10 Å². The molecule has 1 aliphatic carbocycles. The molecule has 0 spiro atoms. The molecule has 0 radical (unpaired) electrons. The predicted molar refractivity (Wildman–Crippen MR) is 114 cm³/mol. The van der Waals surface area contributed by atoms with Crippen LogP contribution in [0.2, 0.25) is 0 Å². The minimum Gasteiger partial charge on any atom is -0.441 e. The number of carbonyl (C=O) groups is 2. The van der Waals surface area contributed by atoms with Gasteiger partial charge in [0.15, 0.2) is 11.5 Å². The number of amides is 2. The lowest BCUT2D eigenvalue weighted by atomic mass is 10.2. The van der Waals surface area contributed by atoms with E-state index in [4.69, 9.17) is 4.74 Å². The Hall–Kier alpha value is -4.56. The Balaban J connectivity index is 1.42. The van der Waals surface area contributed by atoms with Crippen LogP contribution >= 0.6 is 0 Å². The van der Waals surface area contributed by atoms with Crippen LogP contribution in [0.25, 0.3) is 11.4 Å². The summed E-state index contributed by atoms with van der Waals surface area (Å²) in [6.07, 6.45) is 0.0931. The zero-order valence-corrected chi connectivity index (χ0v) is 18.3. The van der Waals surface area contributed by atoms with Gasteiger partial charge in [0.05, 0.1) is 29.3 Å². The fourth-order valence-electron chi connectivity index (χ4n) is 3.28. The summed E-state index contributed by atoms with van der Waals surface area (Å²) in [5.41, 5.74) is 0.544. The smallest absolute Gasteiger partial charge is 0.413 e. The molecule has 2 unspecified atom stereocenters. The highest BCUT2D eigenvalue weighted by Crippen LogP contribution is 2.34. The molecule has 0 aliphatic heterocycles. The highest BCUT2D eigenvalue weighted by atomic mass is 19.1. The molecule has 1 aliphatic rings. The van der Waals surface area contributed by atoms with E-state index in [2.05, 4.69) is 30.9 Å². The molecule has 15 heteroatoms. The first-order valence-corrected chi connectivity index (χ1v) is 10.2. The number of hydrogen-bond acceptors (Lipinski definition) is 9. The second kappa shape index (κ2) is 9.36. The van der Waals surface area contributed by atoms with Crippen LogP contribution in [0.4, 0.5) is 25.1 Å². The van der Waals surface area contributed by atoms with Crippen LogP contribution in [0, 0.1) is 27.8 Å². The number of halogens is 2. The van der Waals surface area contributed by atoms with Crippen LogP contribution in [0.3, 0.4) is 0 Å². The van der Waals surface area contributed by atoms with Crippen LogP contribution in [0.1, 0.15) is 25.0 Å². The average molecular weight is 488 g/mol. The molecule has 2 N–H and O–H groups in total. The largest absolute Gasteiger partial charge is 0.441 e. The number of carbonyl (C=O) groups excluding carboxylic acids is 2. The average Bonchev–Trinajstić information content (AvgIpc) is 3.55. The SMILES string of the molecule is C[C@@H](OC(=O)Nc1c(-c2ccc(NC(=O)C3CC3[N+](=O)[O-])cn2)nnn1C)c1cc(F)cnc1F. The molecule has 182 valence electrons. The predicted octanol–water partition coefficient (Wildman–Crippen LogP) is 2.46. The number of ether oxygens (including phenoxy) is 1. The third kappa shape index (κ3) is 5.18. The number of aromatic nitrogens is 5. The van der Waals surface area contributed by atoms with Crippen molar-refractivity contribution in [1.82, 2.24) is 25.0 Å². The van der Waals surface area contributed by atoms with Gasteiger partial charge in [0, 0.05) is 18.4 Å². The third-order valence-corrected chi connectivity index (χ3v) is 5.24. The van der Waals surface area contributed by atoms with Gasteiger partial charge in [-0.1, -0.05) is 5.21 Å². The van der Waals surface area contributed by atoms with Gasteiger partial charge < -0.3 is 10.1 Å². The van der Waals surface area contributed by atoms with Gasteiger partial charge >= 0.3 is 6.09 Å². The third-order valence-electron chi connectivity index (χ3n) is 5.24. The van der Waals surface area contributed by atoms with E-state index >= 15 is 0 Å². The van der Waals surface area contributed by atoms with E-state index in [0.717, 1.165) is 6.07 Å². The molecule has 3 heterocycles. The molecule has 1 fully saturated rings. The van der Waals surface area contributed by atoms with Crippen molar-refractivity contribution in [2.45, 2.75) is 25.5 Å². The van der Waals surface area contributed by atoms with E-state index in [1.165, 1.54) is 37.0 Å². The molecule has 3 atom stereocenters. The lowest BCUT2D eigenvalue weighted by Crippen LogP contribution is -2.19. The zero-order chi connectivity index (χ0) is 25.3. The summed E-state index contributed by atoms with van der Waals surface area (Å²) in [5.74, 6) is -2.79. The minimum atomic E-state index is -1.15. The van der Waals surface area contributed by atoms with Crippen LogP contribution < -0.4 is 10.6 Å². The molecular weight excluding hydrogens is 470 g/mol. The Labute approximate surface area is 195 Å². The topological polar surface area (TPSA) is 167 Å².